The molecule has 0 saturated heterocycles. The van der Waals surface area contributed by atoms with Crippen LogP contribution >= 0.6 is 11.6 Å². The van der Waals surface area contributed by atoms with Crippen molar-refractivity contribution in [3.63, 3.8) is 0 Å². The third-order valence-corrected chi connectivity index (χ3v) is 3.36. The zero-order valence-electron chi connectivity index (χ0n) is 12.1. The van der Waals surface area contributed by atoms with E-state index in [9.17, 15) is 31.1 Å². The smallest absolute Gasteiger partial charge is 0.376 e. The van der Waals surface area contributed by atoms with Gasteiger partial charge in [0, 0.05) is 5.69 Å². The molecule has 0 aromatic heterocycles. The summed E-state index contributed by atoms with van der Waals surface area (Å²) in [7, 11) is 0. The van der Waals surface area contributed by atoms with Gasteiger partial charge in [-0.25, -0.2) is 13.2 Å². The molecule has 0 radical (unpaired) electrons. The molecule has 0 atom stereocenters. The summed E-state index contributed by atoms with van der Waals surface area (Å²) in [5, 5.41) is 3.85. The van der Waals surface area contributed by atoms with E-state index in [0.717, 1.165) is 12.1 Å². The van der Waals surface area contributed by atoms with E-state index in [0.29, 0.717) is 12.1 Å². The normalized spacial score (nSPS) is 11.3. The Kier molecular flexibility index (Phi) is 5.46. The fourth-order valence-electron chi connectivity index (χ4n) is 1.85. The molecule has 0 bridgehead atoms. The first kappa shape index (κ1) is 18.9. The van der Waals surface area contributed by atoms with Crippen LogP contribution in [0.4, 0.5) is 37.7 Å². The number of anilines is 2. The van der Waals surface area contributed by atoms with E-state index in [2.05, 4.69) is 5.32 Å². The molecule has 2 aromatic carbocycles. The van der Waals surface area contributed by atoms with Crippen molar-refractivity contribution in [2.24, 2.45) is 0 Å². The maximum absolute atomic E-state index is 13.4. The summed E-state index contributed by atoms with van der Waals surface area (Å²) in [4.78, 5) is 11.7. The van der Waals surface area contributed by atoms with Gasteiger partial charge in [-0.15, -0.1) is 0 Å². The summed E-state index contributed by atoms with van der Waals surface area (Å²) >= 11 is 5.46. The van der Waals surface area contributed by atoms with Crippen LogP contribution < -0.4 is 10.6 Å². The quantitative estimate of drug-likeness (QED) is 0.587. The molecule has 3 nitrogen and oxygen atoms in total. The molecule has 0 unspecified atom stereocenters. The molecule has 2 rings (SSSR count). The summed E-state index contributed by atoms with van der Waals surface area (Å²) in [6.45, 7) is -0.544. The number of benzene rings is 2. The van der Waals surface area contributed by atoms with Crippen molar-refractivity contribution in [3.05, 3.63) is 58.4 Å². The molecule has 134 valence electrons. The first-order valence-corrected chi connectivity index (χ1v) is 7.01. The lowest BCUT2D eigenvalue weighted by atomic mass is 10.2. The zero-order valence-corrected chi connectivity index (χ0v) is 12.9. The summed E-state index contributed by atoms with van der Waals surface area (Å²) in [6, 6.07) is 4.35. The molecular formula is C15H9ClF6N2O. The summed E-state index contributed by atoms with van der Waals surface area (Å²) in [5.74, 6) is -5.64. The molecule has 1 amide bonds. The second-order valence-corrected chi connectivity index (χ2v) is 5.22. The number of hydrogen-bond donors (Lipinski definition) is 2. The van der Waals surface area contributed by atoms with Gasteiger partial charge in [-0.2, -0.15) is 13.2 Å². The van der Waals surface area contributed by atoms with Crippen LogP contribution in [0.5, 0.6) is 0 Å². The maximum atomic E-state index is 13.4. The third kappa shape index (κ3) is 4.56. The Bertz CT molecular complexity index is 809. The fourth-order valence-corrected chi connectivity index (χ4v) is 2.08. The van der Waals surface area contributed by atoms with Gasteiger partial charge in [0.1, 0.15) is 0 Å². The Morgan fingerprint density at radius 1 is 1.04 bits per heavy atom. The Morgan fingerprint density at radius 3 is 2.36 bits per heavy atom. The number of halogens is 7. The Labute approximate surface area is 142 Å². The van der Waals surface area contributed by atoms with Crippen molar-refractivity contribution in [1.29, 1.82) is 0 Å². The van der Waals surface area contributed by atoms with Gasteiger partial charge in [-0.1, -0.05) is 11.6 Å². The highest BCUT2D eigenvalue weighted by Gasteiger charge is 2.33. The number of nitrogens with one attached hydrogen (secondary N) is 2. The number of alkyl halides is 3. The molecule has 2 aromatic rings. The summed E-state index contributed by atoms with van der Waals surface area (Å²) < 4.78 is 77.5. The van der Waals surface area contributed by atoms with Crippen LogP contribution in [0.1, 0.15) is 5.56 Å². The highest BCUT2D eigenvalue weighted by Crippen LogP contribution is 2.36. The second-order valence-electron chi connectivity index (χ2n) is 4.82. The van der Waals surface area contributed by atoms with Crippen molar-refractivity contribution in [2.75, 3.05) is 17.2 Å². The zero-order chi connectivity index (χ0) is 18.8. The molecule has 2 N–H and O–H groups in total. The second kappa shape index (κ2) is 7.22. The number of rotatable bonds is 4. The van der Waals surface area contributed by atoms with E-state index in [4.69, 9.17) is 11.6 Å². The van der Waals surface area contributed by atoms with Crippen molar-refractivity contribution < 1.29 is 31.1 Å². The van der Waals surface area contributed by atoms with E-state index >= 15 is 0 Å². The van der Waals surface area contributed by atoms with Crippen molar-refractivity contribution in [1.82, 2.24) is 0 Å². The van der Waals surface area contributed by atoms with E-state index in [-0.39, 0.29) is 5.69 Å². The van der Waals surface area contributed by atoms with E-state index in [1.54, 1.807) is 0 Å². The fraction of sp³-hybridized carbons (Fsp3) is 0.133. The van der Waals surface area contributed by atoms with Crippen LogP contribution in [0.3, 0.4) is 0 Å². The largest absolute Gasteiger partial charge is 0.417 e. The molecule has 25 heavy (non-hydrogen) atoms. The summed E-state index contributed by atoms with van der Waals surface area (Å²) in [5.41, 5.74) is -1.75. The Morgan fingerprint density at radius 2 is 1.72 bits per heavy atom. The molecule has 0 aliphatic rings. The topological polar surface area (TPSA) is 41.1 Å². The van der Waals surface area contributed by atoms with Crippen LogP contribution in [-0.4, -0.2) is 12.5 Å². The SMILES string of the molecule is O=C(CNc1ccc(Cl)c(C(F)(F)F)c1)Nc1ccc(F)c(F)c1F. The van der Waals surface area contributed by atoms with Crippen LogP contribution in [0, 0.1) is 17.5 Å². The highest BCUT2D eigenvalue weighted by molar-refractivity contribution is 6.31. The van der Waals surface area contributed by atoms with Crippen LogP contribution in [0.25, 0.3) is 0 Å². The highest BCUT2D eigenvalue weighted by atomic mass is 35.5. The maximum Gasteiger partial charge on any atom is 0.417 e. The monoisotopic (exact) mass is 382 g/mol. The number of hydrogen-bond acceptors (Lipinski definition) is 2. The molecule has 0 saturated carbocycles. The van der Waals surface area contributed by atoms with Gasteiger partial charge in [-0.3, -0.25) is 4.79 Å². The van der Waals surface area contributed by atoms with E-state index < -0.39 is 52.4 Å². The average molecular weight is 383 g/mol. The Balaban J connectivity index is 2.05. The van der Waals surface area contributed by atoms with Gasteiger partial charge in [0.05, 0.1) is 22.8 Å². The van der Waals surface area contributed by atoms with Crippen LogP contribution in [-0.2, 0) is 11.0 Å². The van der Waals surface area contributed by atoms with Gasteiger partial charge in [0.2, 0.25) is 5.91 Å². The number of amides is 1. The lowest BCUT2D eigenvalue weighted by Gasteiger charge is -2.12. The van der Waals surface area contributed by atoms with Crippen LogP contribution in [0.2, 0.25) is 5.02 Å². The van der Waals surface area contributed by atoms with Crippen molar-refractivity contribution >= 4 is 28.9 Å². The molecule has 10 heteroatoms. The first-order valence-electron chi connectivity index (χ1n) is 6.63. The molecule has 0 aliphatic heterocycles. The average Bonchev–Trinajstić information content (AvgIpc) is 2.53. The number of carbonyl (C=O) groups is 1. The number of carbonyl (C=O) groups excluding carboxylic acids is 1. The van der Waals surface area contributed by atoms with Gasteiger partial charge in [-0.05, 0) is 30.3 Å². The lowest BCUT2D eigenvalue weighted by Crippen LogP contribution is -2.22. The third-order valence-electron chi connectivity index (χ3n) is 3.03. The Hall–Kier alpha value is -2.42. The molecule has 0 spiro atoms. The van der Waals surface area contributed by atoms with Gasteiger partial charge in [0.15, 0.2) is 17.5 Å². The lowest BCUT2D eigenvalue weighted by molar-refractivity contribution is -0.137. The van der Waals surface area contributed by atoms with Crippen molar-refractivity contribution in [2.45, 2.75) is 6.18 Å². The minimum atomic E-state index is -4.67. The van der Waals surface area contributed by atoms with Gasteiger partial charge < -0.3 is 10.6 Å². The predicted octanol–water partition coefficient (Wildman–Crippen LogP) is 4.83. The predicted molar refractivity (Wildman–Crippen MR) is 79.9 cm³/mol. The minimum absolute atomic E-state index is 0.0577. The van der Waals surface area contributed by atoms with E-state index in [1.807, 2.05) is 5.32 Å². The van der Waals surface area contributed by atoms with Gasteiger partial charge >= 0.3 is 6.18 Å². The summed E-state index contributed by atoms with van der Waals surface area (Å²) in [6.07, 6.45) is -4.67. The standard InChI is InChI=1S/C15H9ClF6N2O/c16-9-2-1-7(5-8(9)15(20,21)22)23-6-12(25)24-11-4-3-10(17)13(18)14(11)19/h1-5,23H,6H2,(H,24,25). The molecule has 0 aliphatic carbocycles. The van der Waals surface area contributed by atoms with E-state index in [1.165, 1.54) is 6.07 Å². The van der Waals surface area contributed by atoms with Gasteiger partial charge in [0.25, 0.3) is 0 Å². The van der Waals surface area contributed by atoms with Crippen molar-refractivity contribution in [3.8, 4) is 0 Å². The first-order chi connectivity index (χ1) is 11.6. The van der Waals surface area contributed by atoms with Crippen LogP contribution in [0.15, 0.2) is 30.3 Å². The minimum Gasteiger partial charge on any atom is -0.376 e. The molecule has 0 fully saturated rings. The molecule has 0 heterocycles. The molecular weight excluding hydrogens is 374 g/mol.